The fourth-order valence-corrected chi connectivity index (χ4v) is 2.57. The Balaban J connectivity index is 1.44. The minimum Gasteiger partial charge on any atom is -0.454 e. The fraction of sp³-hybridized carbons (Fsp3) is 0.118. The van der Waals surface area contributed by atoms with Crippen LogP contribution in [0.1, 0.15) is 16.2 Å². The Morgan fingerprint density at radius 3 is 2.88 bits per heavy atom. The number of ether oxygens (including phenoxy) is 3. The third-order valence-electron chi connectivity index (χ3n) is 3.58. The van der Waals surface area contributed by atoms with E-state index >= 15 is 0 Å². The molecule has 0 unspecified atom stereocenters. The van der Waals surface area contributed by atoms with Crippen molar-refractivity contribution < 1.29 is 27.9 Å². The first-order valence-electron chi connectivity index (χ1n) is 7.45. The number of aromatic nitrogens is 2. The quantitative estimate of drug-likeness (QED) is 0.643. The van der Waals surface area contributed by atoms with Crippen LogP contribution in [0.15, 0.2) is 40.9 Å². The minimum absolute atomic E-state index is 0.0402. The highest BCUT2D eigenvalue weighted by molar-refractivity contribution is 6.33. The summed E-state index contributed by atoms with van der Waals surface area (Å²) in [5, 5.41) is 3.80. The number of hydrogen-bond acceptors (Lipinski definition) is 7. The van der Waals surface area contributed by atoms with Crippen LogP contribution in [0.3, 0.4) is 0 Å². The van der Waals surface area contributed by atoms with E-state index in [1.165, 1.54) is 6.07 Å². The topological polar surface area (TPSA) is 83.7 Å². The smallest absolute Gasteiger partial charge is 0.340 e. The molecule has 3 aromatic rings. The molecule has 2 heterocycles. The summed E-state index contributed by atoms with van der Waals surface area (Å²) in [4.78, 5) is 16.2. The van der Waals surface area contributed by atoms with Gasteiger partial charge in [-0.25, -0.2) is 9.18 Å². The maximum Gasteiger partial charge on any atom is 0.340 e. The van der Waals surface area contributed by atoms with Crippen molar-refractivity contribution in [3.8, 4) is 22.9 Å². The van der Waals surface area contributed by atoms with E-state index in [4.69, 9.17) is 30.3 Å². The molecule has 0 aliphatic carbocycles. The SMILES string of the molecule is O=C(OCc1nc(-c2ccc3c(c2)OCO3)no1)c1ccc(F)cc1Cl. The van der Waals surface area contributed by atoms with Gasteiger partial charge in [0.05, 0.1) is 10.6 Å². The molecule has 2 aromatic carbocycles. The van der Waals surface area contributed by atoms with Gasteiger partial charge in [0.15, 0.2) is 18.1 Å². The molecule has 0 radical (unpaired) electrons. The molecule has 0 N–H and O–H groups in total. The predicted molar refractivity (Wildman–Crippen MR) is 86.4 cm³/mol. The summed E-state index contributed by atoms with van der Waals surface area (Å²) in [6.45, 7) is -0.0811. The highest BCUT2D eigenvalue weighted by Gasteiger charge is 2.18. The Labute approximate surface area is 151 Å². The molecular weight excluding hydrogens is 367 g/mol. The third-order valence-corrected chi connectivity index (χ3v) is 3.89. The first-order chi connectivity index (χ1) is 12.6. The highest BCUT2D eigenvalue weighted by atomic mass is 35.5. The van der Waals surface area contributed by atoms with Crippen molar-refractivity contribution in [2.45, 2.75) is 6.61 Å². The molecule has 0 fully saturated rings. The van der Waals surface area contributed by atoms with E-state index in [9.17, 15) is 9.18 Å². The first-order valence-corrected chi connectivity index (χ1v) is 7.83. The van der Waals surface area contributed by atoms with Gasteiger partial charge in [-0.3, -0.25) is 0 Å². The second-order valence-corrected chi connectivity index (χ2v) is 5.69. The summed E-state index contributed by atoms with van der Waals surface area (Å²) in [6.07, 6.45) is 0. The van der Waals surface area contributed by atoms with Gasteiger partial charge in [0.25, 0.3) is 5.89 Å². The van der Waals surface area contributed by atoms with Gasteiger partial charge in [-0.05, 0) is 36.4 Å². The summed E-state index contributed by atoms with van der Waals surface area (Å²) in [5.41, 5.74) is 0.709. The van der Waals surface area contributed by atoms with Gasteiger partial charge in [-0.15, -0.1) is 0 Å². The number of nitrogens with zero attached hydrogens (tertiary/aromatic N) is 2. The highest BCUT2D eigenvalue weighted by Crippen LogP contribution is 2.35. The van der Waals surface area contributed by atoms with E-state index in [0.29, 0.717) is 22.9 Å². The molecule has 4 rings (SSSR count). The average molecular weight is 377 g/mol. The van der Waals surface area contributed by atoms with Gasteiger partial charge in [0.2, 0.25) is 12.6 Å². The fourth-order valence-electron chi connectivity index (χ4n) is 2.33. The van der Waals surface area contributed by atoms with Crippen LogP contribution in [0, 0.1) is 5.82 Å². The zero-order chi connectivity index (χ0) is 18.1. The van der Waals surface area contributed by atoms with Crippen LogP contribution in [0.25, 0.3) is 11.4 Å². The van der Waals surface area contributed by atoms with Crippen molar-refractivity contribution in [1.29, 1.82) is 0 Å². The summed E-state index contributed by atoms with van der Waals surface area (Å²) in [6, 6.07) is 8.61. The van der Waals surface area contributed by atoms with E-state index in [-0.39, 0.29) is 29.9 Å². The molecule has 0 saturated carbocycles. The van der Waals surface area contributed by atoms with Crippen molar-refractivity contribution in [2.24, 2.45) is 0 Å². The molecule has 0 atom stereocenters. The molecule has 1 aromatic heterocycles. The van der Waals surface area contributed by atoms with Gasteiger partial charge in [0, 0.05) is 5.56 Å². The van der Waals surface area contributed by atoms with Crippen LogP contribution in [0.2, 0.25) is 5.02 Å². The Bertz CT molecular complexity index is 991. The maximum atomic E-state index is 13.0. The maximum absolute atomic E-state index is 13.0. The number of halogens is 2. The summed E-state index contributed by atoms with van der Waals surface area (Å²) >= 11 is 5.82. The standard InChI is InChI=1S/C17H10ClFN2O5/c18-12-6-10(19)2-3-11(12)17(22)23-7-15-20-16(21-26-15)9-1-4-13-14(5-9)25-8-24-13/h1-6H,7-8H2. The summed E-state index contributed by atoms with van der Waals surface area (Å²) in [5.74, 6) is 0.377. The molecule has 26 heavy (non-hydrogen) atoms. The Morgan fingerprint density at radius 1 is 1.19 bits per heavy atom. The molecule has 1 aliphatic heterocycles. The number of benzene rings is 2. The molecule has 7 nitrogen and oxygen atoms in total. The monoisotopic (exact) mass is 376 g/mol. The molecule has 132 valence electrons. The minimum atomic E-state index is -0.724. The lowest BCUT2D eigenvalue weighted by molar-refractivity contribution is 0.0430. The largest absolute Gasteiger partial charge is 0.454 e. The van der Waals surface area contributed by atoms with Crippen molar-refractivity contribution in [3.63, 3.8) is 0 Å². The normalized spacial score (nSPS) is 12.2. The average Bonchev–Trinajstić information content (AvgIpc) is 3.28. The Kier molecular flexibility index (Phi) is 4.18. The van der Waals surface area contributed by atoms with Gasteiger partial charge in [0.1, 0.15) is 5.82 Å². The van der Waals surface area contributed by atoms with Crippen LogP contribution in [0.5, 0.6) is 11.5 Å². The van der Waals surface area contributed by atoms with E-state index < -0.39 is 11.8 Å². The molecule has 0 amide bonds. The van der Waals surface area contributed by atoms with Gasteiger partial charge >= 0.3 is 5.97 Å². The van der Waals surface area contributed by atoms with Crippen LogP contribution in [0.4, 0.5) is 4.39 Å². The number of rotatable bonds is 4. The molecule has 0 saturated heterocycles. The number of hydrogen-bond donors (Lipinski definition) is 0. The predicted octanol–water partition coefficient (Wildman–Crippen LogP) is 3.61. The molecular formula is C17H10ClFN2O5. The Morgan fingerprint density at radius 2 is 2.04 bits per heavy atom. The van der Waals surface area contributed by atoms with Crippen LogP contribution >= 0.6 is 11.6 Å². The van der Waals surface area contributed by atoms with E-state index in [1.807, 2.05) is 0 Å². The zero-order valence-electron chi connectivity index (χ0n) is 13.1. The number of fused-ring (bicyclic) bond motifs is 1. The number of carbonyl (C=O) groups is 1. The third kappa shape index (κ3) is 3.18. The second kappa shape index (κ2) is 6.64. The van der Waals surface area contributed by atoms with Crippen LogP contribution in [-0.2, 0) is 11.3 Å². The van der Waals surface area contributed by atoms with Crippen molar-refractivity contribution >= 4 is 17.6 Å². The van der Waals surface area contributed by atoms with Gasteiger partial charge in [-0.2, -0.15) is 4.98 Å². The zero-order valence-corrected chi connectivity index (χ0v) is 13.8. The molecule has 0 bridgehead atoms. The molecule has 0 spiro atoms. The lowest BCUT2D eigenvalue weighted by Crippen LogP contribution is -2.06. The molecule has 9 heteroatoms. The lowest BCUT2D eigenvalue weighted by Gasteiger charge is -2.03. The van der Waals surface area contributed by atoms with Crippen LogP contribution < -0.4 is 9.47 Å². The Hall–Kier alpha value is -3.13. The van der Waals surface area contributed by atoms with Crippen molar-refractivity contribution in [2.75, 3.05) is 6.79 Å². The first kappa shape index (κ1) is 16.3. The number of esters is 1. The van der Waals surface area contributed by atoms with Crippen molar-refractivity contribution in [1.82, 2.24) is 10.1 Å². The van der Waals surface area contributed by atoms with Gasteiger partial charge < -0.3 is 18.7 Å². The summed E-state index contributed by atoms with van der Waals surface area (Å²) < 4.78 is 33.7. The second-order valence-electron chi connectivity index (χ2n) is 5.28. The molecule has 1 aliphatic rings. The summed E-state index contributed by atoms with van der Waals surface area (Å²) in [7, 11) is 0. The van der Waals surface area contributed by atoms with E-state index in [2.05, 4.69) is 10.1 Å². The lowest BCUT2D eigenvalue weighted by atomic mass is 10.2. The van der Waals surface area contributed by atoms with Gasteiger partial charge in [-0.1, -0.05) is 16.8 Å². The van der Waals surface area contributed by atoms with E-state index in [0.717, 1.165) is 12.1 Å². The van der Waals surface area contributed by atoms with Crippen molar-refractivity contribution in [3.05, 3.63) is 58.7 Å². The van der Waals surface area contributed by atoms with Crippen LogP contribution in [-0.4, -0.2) is 22.9 Å². The van der Waals surface area contributed by atoms with E-state index in [1.54, 1.807) is 18.2 Å². The number of carbonyl (C=O) groups excluding carboxylic acids is 1.